The van der Waals surface area contributed by atoms with Crippen molar-refractivity contribution in [3.05, 3.63) is 64.1 Å². The molecule has 0 aliphatic carbocycles. The van der Waals surface area contributed by atoms with Gasteiger partial charge in [0.25, 0.3) is 0 Å². The van der Waals surface area contributed by atoms with Gasteiger partial charge in [-0.05, 0) is 61.2 Å². The molecule has 2 aromatic rings. The molecule has 2 aromatic carbocycles. The van der Waals surface area contributed by atoms with Crippen molar-refractivity contribution < 1.29 is 8.42 Å². The summed E-state index contributed by atoms with van der Waals surface area (Å²) in [6.45, 7) is 3.72. The molecular weight excluding hydrogens is 448 g/mol. The van der Waals surface area contributed by atoms with E-state index in [1.807, 2.05) is 0 Å². The zero-order valence-corrected chi connectivity index (χ0v) is 18.5. The normalized spacial score (nSPS) is 14.4. The zero-order chi connectivity index (χ0) is 18.4. The molecule has 1 aliphatic heterocycles. The van der Waals surface area contributed by atoms with E-state index < -0.39 is 10.0 Å². The highest BCUT2D eigenvalue weighted by molar-refractivity contribution is 9.10. The second kappa shape index (κ2) is 10.6. The molecule has 0 fully saturated rings. The molecule has 0 unspecified atom stereocenters. The van der Waals surface area contributed by atoms with E-state index >= 15 is 0 Å². The van der Waals surface area contributed by atoms with Gasteiger partial charge < -0.3 is 0 Å². The van der Waals surface area contributed by atoms with E-state index in [-0.39, 0.29) is 12.4 Å². The van der Waals surface area contributed by atoms with Crippen molar-refractivity contribution >= 4 is 38.4 Å². The Kier molecular flexibility index (Phi) is 8.76. The molecule has 0 spiro atoms. The summed E-state index contributed by atoms with van der Waals surface area (Å²) in [5, 5.41) is 0. The Hall–Kier alpha value is -0.920. The number of sulfonamides is 1. The second-order valence-electron chi connectivity index (χ2n) is 6.71. The summed E-state index contributed by atoms with van der Waals surface area (Å²) in [5.74, 6) is 0. The van der Waals surface area contributed by atoms with Gasteiger partial charge in [-0.3, -0.25) is 4.90 Å². The predicted molar refractivity (Wildman–Crippen MR) is 116 cm³/mol. The predicted octanol–water partition coefficient (Wildman–Crippen LogP) is 4.38. The summed E-state index contributed by atoms with van der Waals surface area (Å²) >= 11 is 3.32. The van der Waals surface area contributed by atoms with Crippen LogP contribution in [0.2, 0.25) is 0 Å². The highest BCUT2D eigenvalue weighted by atomic mass is 79.9. The Balaban J connectivity index is 0.00000261. The first kappa shape index (κ1) is 22.4. The average Bonchev–Trinajstić information content (AvgIpc) is 2.65. The van der Waals surface area contributed by atoms with Crippen molar-refractivity contribution in [1.82, 2.24) is 9.62 Å². The molecule has 1 heterocycles. The summed E-state index contributed by atoms with van der Waals surface area (Å²) in [6, 6.07) is 15.4. The van der Waals surface area contributed by atoms with Gasteiger partial charge in [-0.1, -0.05) is 46.6 Å². The van der Waals surface area contributed by atoms with Crippen LogP contribution in [0.5, 0.6) is 0 Å². The van der Waals surface area contributed by atoms with Gasteiger partial charge in [0, 0.05) is 24.1 Å². The lowest BCUT2D eigenvalue weighted by atomic mass is 10.00. The first-order chi connectivity index (χ1) is 12.5. The zero-order valence-electron chi connectivity index (χ0n) is 15.2. The minimum atomic E-state index is -3.40. The molecule has 4 nitrogen and oxygen atoms in total. The molecule has 1 aliphatic rings. The fourth-order valence-corrected chi connectivity index (χ4v) is 4.62. The monoisotopic (exact) mass is 472 g/mol. The molecule has 0 aromatic heterocycles. The Bertz CT molecular complexity index is 828. The first-order valence-corrected chi connectivity index (χ1v) is 11.4. The maximum atomic E-state index is 12.2. The van der Waals surface area contributed by atoms with Crippen LogP contribution in [-0.2, 0) is 23.0 Å². The lowest BCUT2D eigenvalue weighted by Gasteiger charge is -2.28. The van der Waals surface area contributed by atoms with Crippen LogP contribution in [-0.4, -0.2) is 33.0 Å². The second-order valence-corrected chi connectivity index (χ2v) is 9.39. The lowest BCUT2D eigenvalue weighted by Crippen LogP contribution is -2.31. The minimum absolute atomic E-state index is 0. The van der Waals surface area contributed by atoms with Crippen LogP contribution in [0.15, 0.2) is 57.9 Å². The van der Waals surface area contributed by atoms with Gasteiger partial charge in [0.2, 0.25) is 10.0 Å². The molecule has 0 amide bonds. The fraction of sp³-hybridized carbons (Fsp3) is 0.400. The van der Waals surface area contributed by atoms with Crippen molar-refractivity contribution in [1.29, 1.82) is 0 Å². The number of benzene rings is 2. The van der Waals surface area contributed by atoms with Crippen LogP contribution in [0.25, 0.3) is 0 Å². The van der Waals surface area contributed by atoms with Crippen molar-refractivity contribution in [2.45, 2.75) is 37.1 Å². The van der Waals surface area contributed by atoms with Crippen LogP contribution >= 0.6 is 28.3 Å². The number of nitrogens with zero attached hydrogens (tertiary/aromatic N) is 1. The molecule has 3 rings (SSSR count). The molecule has 0 atom stereocenters. The van der Waals surface area contributed by atoms with Crippen molar-refractivity contribution in [2.24, 2.45) is 0 Å². The molecular formula is C20H26BrClN2O2S. The Labute approximate surface area is 176 Å². The van der Waals surface area contributed by atoms with Gasteiger partial charge in [-0.2, -0.15) is 0 Å². The molecule has 27 heavy (non-hydrogen) atoms. The Morgan fingerprint density at radius 2 is 1.67 bits per heavy atom. The molecule has 0 saturated carbocycles. The van der Waals surface area contributed by atoms with Crippen LogP contribution < -0.4 is 4.72 Å². The van der Waals surface area contributed by atoms with Crippen LogP contribution in [0, 0.1) is 0 Å². The van der Waals surface area contributed by atoms with Crippen LogP contribution in [0.3, 0.4) is 0 Å². The Morgan fingerprint density at radius 3 is 2.41 bits per heavy atom. The van der Waals surface area contributed by atoms with E-state index in [9.17, 15) is 8.42 Å². The number of fused-ring (bicyclic) bond motifs is 1. The summed E-state index contributed by atoms with van der Waals surface area (Å²) in [6.07, 6.45) is 4.12. The number of hydrogen-bond acceptors (Lipinski definition) is 3. The van der Waals surface area contributed by atoms with Crippen molar-refractivity contribution in [3.63, 3.8) is 0 Å². The summed E-state index contributed by atoms with van der Waals surface area (Å²) < 4.78 is 28.0. The number of nitrogens with one attached hydrogen (secondary N) is 1. The van der Waals surface area contributed by atoms with Gasteiger partial charge in [-0.15, -0.1) is 12.4 Å². The standard InChI is InChI=1S/C20H25BrN2O2S.ClH/c21-19-8-10-20(11-9-19)26(24,25)22-13-4-1-5-14-23-15-12-17-6-2-3-7-18(17)16-23;/h2-3,6-11,22H,1,4-5,12-16H2;1H. The lowest BCUT2D eigenvalue weighted by molar-refractivity contribution is 0.248. The molecule has 0 bridgehead atoms. The largest absolute Gasteiger partial charge is 0.299 e. The van der Waals surface area contributed by atoms with Gasteiger partial charge in [0.05, 0.1) is 4.90 Å². The molecule has 148 valence electrons. The highest BCUT2D eigenvalue weighted by Gasteiger charge is 2.15. The molecule has 0 saturated heterocycles. The van der Waals surface area contributed by atoms with Crippen molar-refractivity contribution in [2.75, 3.05) is 19.6 Å². The van der Waals surface area contributed by atoms with Gasteiger partial charge in [-0.25, -0.2) is 13.1 Å². The van der Waals surface area contributed by atoms with Gasteiger partial charge >= 0.3 is 0 Å². The molecule has 1 N–H and O–H groups in total. The van der Waals surface area contributed by atoms with Gasteiger partial charge in [0.1, 0.15) is 0 Å². The topological polar surface area (TPSA) is 49.4 Å². The first-order valence-electron chi connectivity index (χ1n) is 9.09. The van der Waals surface area contributed by atoms with E-state index in [0.29, 0.717) is 11.4 Å². The molecule has 7 heteroatoms. The minimum Gasteiger partial charge on any atom is -0.299 e. The third-order valence-corrected chi connectivity index (χ3v) is 6.78. The van der Waals surface area contributed by atoms with Crippen LogP contribution in [0.1, 0.15) is 30.4 Å². The van der Waals surface area contributed by atoms with E-state index in [2.05, 4.69) is 49.8 Å². The third-order valence-electron chi connectivity index (χ3n) is 4.78. The SMILES string of the molecule is Cl.O=S(=O)(NCCCCCN1CCc2ccccc2C1)c1ccc(Br)cc1. The summed E-state index contributed by atoms with van der Waals surface area (Å²) in [5.41, 5.74) is 2.92. The third kappa shape index (κ3) is 6.57. The highest BCUT2D eigenvalue weighted by Crippen LogP contribution is 2.19. The van der Waals surface area contributed by atoms with Crippen LogP contribution in [0.4, 0.5) is 0 Å². The molecule has 0 radical (unpaired) electrons. The summed E-state index contributed by atoms with van der Waals surface area (Å²) in [7, 11) is -3.40. The quantitative estimate of drug-likeness (QED) is 0.579. The summed E-state index contributed by atoms with van der Waals surface area (Å²) in [4.78, 5) is 2.81. The number of halogens is 2. The van der Waals surface area contributed by atoms with E-state index in [1.165, 1.54) is 11.1 Å². The van der Waals surface area contributed by atoms with E-state index in [4.69, 9.17) is 0 Å². The van der Waals surface area contributed by atoms with E-state index in [0.717, 1.165) is 49.8 Å². The smallest absolute Gasteiger partial charge is 0.240 e. The Morgan fingerprint density at radius 1 is 0.963 bits per heavy atom. The maximum absolute atomic E-state index is 12.2. The maximum Gasteiger partial charge on any atom is 0.240 e. The van der Waals surface area contributed by atoms with Crippen molar-refractivity contribution in [3.8, 4) is 0 Å². The number of rotatable bonds is 8. The van der Waals surface area contributed by atoms with E-state index in [1.54, 1.807) is 24.3 Å². The number of unbranched alkanes of at least 4 members (excludes halogenated alkanes) is 2. The van der Waals surface area contributed by atoms with Gasteiger partial charge in [0.15, 0.2) is 0 Å². The number of hydrogen-bond donors (Lipinski definition) is 1. The fourth-order valence-electron chi connectivity index (χ4n) is 3.29. The average molecular weight is 474 g/mol.